The van der Waals surface area contributed by atoms with Crippen LogP contribution >= 0.6 is 0 Å². The molecule has 106 valence electrons. The minimum absolute atomic E-state index is 0.184. The van der Waals surface area contributed by atoms with Crippen LogP contribution in [-0.2, 0) is 14.8 Å². The van der Waals surface area contributed by atoms with Crippen molar-refractivity contribution in [3.8, 4) is 0 Å². The molecule has 0 aromatic carbocycles. The average molecular weight is 285 g/mol. The molecule has 1 saturated heterocycles. The van der Waals surface area contributed by atoms with Gasteiger partial charge in [0, 0.05) is 26.4 Å². The molecule has 7 heteroatoms. The van der Waals surface area contributed by atoms with E-state index in [1.165, 1.54) is 6.20 Å². The molecule has 2 heterocycles. The molecule has 2 N–H and O–H groups in total. The first kappa shape index (κ1) is 14.2. The molecule has 1 aliphatic heterocycles. The minimum atomic E-state index is -3.48. The normalized spacial score (nSPS) is 20.2. The molecule has 1 atom stereocenters. The van der Waals surface area contributed by atoms with Crippen LogP contribution in [0.25, 0.3) is 0 Å². The highest BCUT2D eigenvalue weighted by Crippen LogP contribution is 2.14. The Bertz CT molecular complexity index is 495. The number of ether oxygens (including phenoxy) is 1. The van der Waals surface area contributed by atoms with Gasteiger partial charge in [0.15, 0.2) is 0 Å². The van der Waals surface area contributed by atoms with Gasteiger partial charge in [-0.05, 0) is 30.9 Å². The standard InChI is InChI=1S/C12H19N3O3S/c1-13-12-5-4-11(8-14-12)19(16,17)15-7-10-3-2-6-18-9-10/h4-5,8,10,15H,2-3,6-7,9H2,1H3,(H,13,14). The van der Waals surface area contributed by atoms with E-state index < -0.39 is 10.0 Å². The summed E-state index contributed by atoms with van der Waals surface area (Å²) >= 11 is 0. The summed E-state index contributed by atoms with van der Waals surface area (Å²) in [6, 6.07) is 3.18. The highest BCUT2D eigenvalue weighted by Gasteiger charge is 2.19. The van der Waals surface area contributed by atoms with Gasteiger partial charge in [-0.1, -0.05) is 0 Å². The summed E-state index contributed by atoms with van der Waals surface area (Å²) < 4.78 is 32.1. The molecule has 0 bridgehead atoms. The lowest BCUT2D eigenvalue weighted by atomic mass is 10.0. The molecule has 0 amide bonds. The molecule has 1 unspecified atom stereocenters. The predicted octanol–water partition coefficient (Wildman–Crippen LogP) is 0.828. The first-order chi connectivity index (χ1) is 9.12. The van der Waals surface area contributed by atoms with Crippen LogP contribution in [0.5, 0.6) is 0 Å². The number of nitrogens with one attached hydrogen (secondary N) is 2. The highest BCUT2D eigenvalue weighted by molar-refractivity contribution is 7.89. The van der Waals surface area contributed by atoms with Gasteiger partial charge in [0.05, 0.1) is 6.61 Å². The van der Waals surface area contributed by atoms with Gasteiger partial charge in [-0.3, -0.25) is 0 Å². The molecule has 1 aromatic rings. The number of sulfonamides is 1. The summed E-state index contributed by atoms with van der Waals surface area (Å²) in [5.74, 6) is 0.896. The molecular formula is C12H19N3O3S. The highest BCUT2D eigenvalue weighted by atomic mass is 32.2. The maximum absolute atomic E-state index is 12.1. The molecule has 6 nitrogen and oxygen atoms in total. The topological polar surface area (TPSA) is 80.3 Å². The van der Waals surface area contributed by atoms with Crippen molar-refractivity contribution in [2.45, 2.75) is 17.7 Å². The average Bonchev–Trinajstić information content (AvgIpc) is 2.46. The minimum Gasteiger partial charge on any atom is -0.381 e. The fraction of sp³-hybridized carbons (Fsp3) is 0.583. The number of pyridine rings is 1. The van der Waals surface area contributed by atoms with E-state index in [1.54, 1.807) is 19.2 Å². The van der Waals surface area contributed by atoms with E-state index in [0.29, 0.717) is 19.0 Å². The summed E-state index contributed by atoms with van der Waals surface area (Å²) in [5, 5.41) is 2.85. The number of aromatic nitrogens is 1. The first-order valence-corrected chi connectivity index (χ1v) is 7.81. The lowest BCUT2D eigenvalue weighted by Crippen LogP contribution is -2.33. The van der Waals surface area contributed by atoms with Gasteiger partial charge >= 0.3 is 0 Å². The molecule has 0 aliphatic carbocycles. The van der Waals surface area contributed by atoms with Crippen molar-refractivity contribution < 1.29 is 13.2 Å². The molecular weight excluding hydrogens is 266 g/mol. The zero-order valence-corrected chi connectivity index (χ0v) is 11.7. The summed E-state index contributed by atoms with van der Waals surface area (Å²) in [7, 11) is -1.75. The Morgan fingerprint density at radius 2 is 2.32 bits per heavy atom. The van der Waals surface area contributed by atoms with E-state index in [-0.39, 0.29) is 10.8 Å². The Morgan fingerprint density at radius 3 is 2.89 bits per heavy atom. The van der Waals surface area contributed by atoms with Gasteiger partial charge in [0.25, 0.3) is 0 Å². The van der Waals surface area contributed by atoms with Gasteiger partial charge in [-0.25, -0.2) is 18.1 Å². The fourth-order valence-corrected chi connectivity index (χ4v) is 3.03. The van der Waals surface area contributed by atoms with Crippen LogP contribution in [-0.4, -0.2) is 40.2 Å². The summed E-state index contributed by atoms with van der Waals surface area (Å²) in [6.45, 7) is 1.81. The Balaban J connectivity index is 1.96. The Morgan fingerprint density at radius 1 is 1.47 bits per heavy atom. The van der Waals surface area contributed by atoms with E-state index in [2.05, 4.69) is 15.0 Å². The summed E-state index contributed by atoms with van der Waals surface area (Å²) in [5.41, 5.74) is 0. The number of anilines is 1. The molecule has 1 aromatic heterocycles. The number of hydrogen-bond acceptors (Lipinski definition) is 5. The maximum Gasteiger partial charge on any atom is 0.242 e. The Hall–Kier alpha value is -1.18. The second-order valence-electron chi connectivity index (χ2n) is 4.56. The Labute approximate surface area is 113 Å². The molecule has 0 radical (unpaired) electrons. The van der Waals surface area contributed by atoms with Crippen molar-refractivity contribution in [3.05, 3.63) is 18.3 Å². The Kier molecular flexibility index (Phi) is 4.73. The molecule has 1 aliphatic rings. The third kappa shape index (κ3) is 3.89. The number of nitrogens with zero attached hydrogens (tertiary/aromatic N) is 1. The van der Waals surface area contributed by atoms with E-state index in [0.717, 1.165) is 19.4 Å². The van der Waals surface area contributed by atoms with Crippen molar-refractivity contribution in [3.63, 3.8) is 0 Å². The number of hydrogen-bond donors (Lipinski definition) is 2. The quantitative estimate of drug-likeness (QED) is 0.837. The molecule has 2 rings (SSSR count). The van der Waals surface area contributed by atoms with Crippen LogP contribution in [0, 0.1) is 5.92 Å². The third-order valence-corrected chi connectivity index (χ3v) is 4.53. The fourth-order valence-electron chi connectivity index (χ4n) is 1.97. The van der Waals surface area contributed by atoms with Crippen molar-refractivity contribution in [2.75, 3.05) is 32.1 Å². The SMILES string of the molecule is CNc1ccc(S(=O)(=O)NCC2CCCOC2)cn1. The molecule has 0 spiro atoms. The van der Waals surface area contributed by atoms with Crippen LogP contribution in [0.3, 0.4) is 0 Å². The van der Waals surface area contributed by atoms with Crippen molar-refractivity contribution >= 4 is 15.8 Å². The van der Waals surface area contributed by atoms with E-state index in [9.17, 15) is 8.42 Å². The largest absolute Gasteiger partial charge is 0.381 e. The molecule has 1 fully saturated rings. The van der Waals surface area contributed by atoms with Crippen LogP contribution in [0.2, 0.25) is 0 Å². The zero-order valence-electron chi connectivity index (χ0n) is 10.9. The van der Waals surface area contributed by atoms with Crippen molar-refractivity contribution in [1.82, 2.24) is 9.71 Å². The maximum atomic E-state index is 12.1. The van der Waals surface area contributed by atoms with E-state index in [1.807, 2.05) is 0 Å². The van der Waals surface area contributed by atoms with Crippen LogP contribution in [0.1, 0.15) is 12.8 Å². The second-order valence-corrected chi connectivity index (χ2v) is 6.33. The van der Waals surface area contributed by atoms with Gasteiger partial charge in [-0.15, -0.1) is 0 Å². The van der Waals surface area contributed by atoms with Gasteiger partial charge < -0.3 is 10.1 Å². The van der Waals surface area contributed by atoms with E-state index >= 15 is 0 Å². The van der Waals surface area contributed by atoms with Gasteiger partial charge in [-0.2, -0.15) is 0 Å². The lowest BCUT2D eigenvalue weighted by Gasteiger charge is -2.22. The third-order valence-electron chi connectivity index (χ3n) is 3.12. The number of rotatable bonds is 5. The predicted molar refractivity (Wildman–Crippen MR) is 72.5 cm³/mol. The summed E-state index contributed by atoms with van der Waals surface area (Å²) in [4.78, 5) is 4.19. The lowest BCUT2D eigenvalue weighted by molar-refractivity contribution is 0.0568. The van der Waals surface area contributed by atoms with Gasteiger partial charge in [0.2, 0.25) is 10.0 Å². The summed E-state index contributed by atoms with van der Waals surface area (Å²) in [6.07, 6.45) is 3.34. The first-order valence-electron chi connectivity index (χ1n) is 6.33. The zero-order chi connectivity index (χ0) is 13.7. The monoisotopic (exact) mass is 285 g/mol. The van der Waals surface area contributed by atoms with Crippen LogP contribution < -0.4 is 10.0 Å². The second kappa shape index (κ2) is 6.31. The van der Waals surface area contributed by atoms with Crippen molar-refractivity contribution in [2.24, 2.45) is 5.92 Å². The smallest absolute Gasteiger partial charge is 0.242 e. The van der Waals surface area contributed by atoms with Crippen LogP contribution in [0.4, 0.5) is 5.82 Å². The van der Waals surface area contributed by atoms with Gasteiger partial charge in [0.1, 0.15) is 10.7 Å². The van der Waals surface area contributed by atoms with Crippen molar-refractivity contribution in [1.29, 1.82) is 0 Å². The molecule has 19 heavy (non-hydrogen) atoms. The van der Waals surface area contributed by atoms with E-state index in [4.69, 9.17) is 4.74 Å². The van der Waals surface area contributed by atoms with Crippen LogP contribution in [0.15, 0.2) is 23.2 Å². The molecule has 0 saturated carbocycles.